The zero-order chi connectivity index (χ0) is 16.8. The third-order valence-electron chi connectivity index (χ3n) is 2.49. The molecule has 1 radical (unpaired) electrons. The van der Waals surface area contributed by atoms with Crippen molar-refractivity contribution in [2.45, 2.75) is 18.9 Å². The van der Waals surface area contributed by atoms with Crippen LogP contribution in [0, 0.1) is 0 Å². The molecule has 0 rings (SSSR count). The Morgan fingerprint density at radius 1 is 0.565 bits per heavy atom. The normalized spacial score (nSPS) is 14.9. The van der Waals surface area contributed by atoms with Gasteiger partial charge in [-0.05, 0) is 0 Å². The zero-order valence-corrected chi connectivity index (χ0v) is 15.1. The molecule has 0 aliphatic rings. The van der Waals surface area contributed by atoms with Gasteiger partial charge in [-0.2, -0.15) is 0 Å². The van der Waals surface area contributed by atoms with Gasteiger partial charge in [-0.15, -0.1) is 0 Å². The predicted octanol–water partition coefficient (Wildman–Crippen LogP) is -0.503. The van der Waals surface area contributed by atoms with E-state index in [2.05, 4.69) is 0 Å². The summed E-state index contributed by atoms with van der Waals surface area (Å²) in [6, 6.07) is 0. The Kier molecular flexibility index (Phi) is 19.0. The summed E-state index contributed by atoms with van der Waals surface area (Å²) >= 11 is 0. The molecule has 0 fully saturated rings. The molecule has 0 aromatic carbocycles. The molecule has 0 N–H and O–H groups in total. The van der Waals surface area contributed by atoms with Crippen LogP contribution in [0.4, 0.5) is 0 Å². The molecule has 133 valence electrons. The molecule has 0 amide bonds. The Labute approximate surface area is 150 Å². The minimum atomic E-state index is -1.12. The molecule has 0 aromatic rings. The van der Waals surface area contributed by atoms with E-state index in [0.717, 1.165) is 0 Å². The Morgan fingerprint density at radius 3 is 1.00 bits per heavy atom. The first-order chi connectivity index (χ1) is 10.6. The molecule has 0 aromatic heterocycles. The van der Waals surface area contributed by atoms with Gasteiger partial charge in [0.1, 0.15) is 0 Å². The quantitative estimate of drug-likeness (QED) is 0.291. The van der Waals surface area contributed by atoms with Crippen LogP contribution in [0.2, 0.25) is 0 Å². The fourth-order valence-electron chi connectivity index (χ4n) is 1.36. The number of rotatable bonds is 15. The van der Waals surface area contributed by atoms with Crippen LogP contribution in [0.25, 0.3) is 0 Å². The molecule has 3 atom stereocenters. The molecular formula is C12H27BLiO9. The van der Waals surface area contributed by atoms with Gasteiger partial charge in [-0.3, -0.25) is 0 Å². The standard InChI is InChI=1S/C12H27BO9.Li/c1-14-7-10(17-4)20-13(21-11(18-5)8-15-2)22-12(19-6)9-16-3;/h10-12H,7-9H2,1-6H3;. The van der Waals surface area contributed by atoms with Crippen molar-refractivity contribution in [1.29, 1.82) is 0 Å². The molecule has 0 spiro atoms. The maximum Gasteiger partial charge on any atom is 0.645 e. The maximum absolute atomic E-state index is 5.53. The van der Waals surface area contributed by atoms with Crippen molar-refractivity contribution >= 4 is 26.2 Å². The number of methoxy groups -OCH3 is 6. The van der Waals surface area contributed by atoms with Crippen LogP contribution in [0.3, 0.4) is 0 Å². The van der Waals surface area contributed by atoms with E-state index in [4.69, 9.17) is 42.4 Å². The fraction of sp³-hybridized carbons (Fsp3) is 1.00. The van der Waals surface area contributed by atoms with Gasteiger partial charge in [-0.1, -0.05) is 0 Å². The summed E-state index contributed by atoms with van der Waals surface area (Å²) in [5.41, 5.74) is 0. The van der Waals surface area contributed by atoms with E-state index in [1.165, 1.54) is 42.7 Å². The predicted molar refractivity (Wildman–Crippen MR) is 82.8 cm³/mol. The van der Waals surface area contributed by atoms with Gasteiger partial charge in [0.05, 0.1) is 19.8 Å². The average molecular weight is 333 g/mol. The van der Waals surface area contributed by atoms with Crippen LogP contribution in [-0.4, -0.2) is 108 Å². The first-order valence-electron chi connectivity index (χ1n) is 6.66. The summed E-state index contributed by atoms with van der Waals surface area (Å²) in [6.45, 7) is 0.594. The van der Waals surface area contributed by atoms with E-state index < -0.39 is 26.2 Å². The first-order valence-corrected chi connectivity index (χ1v) is 6.66. The molecule has 23 heavy (non-hydrogen) atoms. The molecule has 9 nitrogen and oxygen atoms in total. The van der Waals surface area contributed by atoms with E-state index in [1.807, 2.05) is 0 Å². The van der Waals surface area contributed by atoms with E-state index in [9.17, 15) is 0 Å². The molecule has 3 unspecified atom stereocenters. The van der Waals surface area contributed by atoms with Gasteiger partial charge >= 0.3 is 7.32 Å². The Bertz CT molecular complexity index is 215. The summed E-state index contributed by atoms with van der Waals surface area (Å²) in [5.74, 6) is 0. The van der Waals surface area contributed by atoms with Gasteiger partial charge < -0.3 is 42.4 Å². The van der Waals surface area contributed by atoms with Crippen LogP contribution in [0.1, 0.15) is 0 Å². The van der Waals surface area contributed by atoms with Gasteiger partial charge in [0.2, 0.25) is 0 Å². The van der Waals surface area contributed by atoms with Crippen LogP contribution in [0.5, 0.6) is 0 Å². The molecule has 0 heterocycles. The molecule has 0 aliphatic carbocycles. The van der Waals surface area contributed by atoms with Crippen molar-refractivity contribution in [3.8, 4) is 0 Å². The minimum absolute atomic E-state index is 0. The molecule has 0 bridgehead atoms. The van der Waals surface area contributed by atoms with E-state index in [-0.39, 0.29) is 38.7 Å². The molecule has 11 heteroatoms. The van der Waals surface area contributed by atoms with Gasteiger partial charge in [0.15, 0.2) is 18.9 Å². The first kappa shape index (κ1) is 25.5. The number of hydrogen-bond donors (Lipinski definition) is 0. The van der Waals surface area contributed by atoms with Crippen molar-refractivity contribution in [3.05, 3.63) is 0 Å². The second-order valence-corrected chi connectivity index (χ2v) is 4.06. The smallest absolute Gasteiger partial charge is 0.379 e. The van der Waals surface area contributed by atoms with Crippen molar-refractivity contribution in [3.63, 3.8) is 0 Å². The van der Waals surface area contributed by atoms with E-state index in [1.54, 1.807) is 0 Å². The second kappa shape index (κ2) is 17.1. The third-order valence-corrected chi connectivity index (χ3v) is 2.49. The van der Waals surface area contributed by atoms with Crippen LogP contribution in [0.15, 0.2) is 0 Å². The third kappa shape index (κ3) is 12.3. The van der Waals surface area contributed by atoms with Crippen molar-refractivity contribution in [1.82, 2.24) is 0 Å². The monoisotopic (exact) mass is 333 g/mol. The fourth-order valence-corrected chi connectivity index (χ4v) is 1.36. The zero-order valence-electron chi connectivity index (χ0n) is 15.1. The SMILES string of the molecule is COCC(OC)OB(OC(COC)OC)OC(COC)OC.[Li]. The molecule has 0 saturated heterocycles. The van der Waals surface area contributed by atoms with Gasteiger partial charge in [0, 0.05) is 61.5 Å². The van der Waals surface area contributed by atoms with Crippen LogP contribution >= 0.6 is 0 Å². The summed E-state index contributed by atoms with van der Waals surface area (Å²) < 4.78 is 46.9. The summed E-state index contributed by atoms with van der Waals surface area (Å²) in [5, 5.41) is 0. The van der Waals surface area contributed by atoms with Crippen molar-refractivity contribution in [2.24, 2.45) is 0 Å². The van der Waals surface area contributed by atoms with E-state index >= 15 is 0 Å². The second-order valence-electron chi connectivity index (χ2n) is 4.06. The Balaban J connectivity index is 0. The number of ether oxygens (including phenoxy) is 6. The van der Waals surface area contributed by atoms with Gasteiger partial charge in [-0.25, -0.2) is 0 Å². The topological polar surface area (TPSA) is 83.1 Å². The summed E-state index contributed by atoms with van der Waals surface area (Å²) in [6.07, 6.45) is -2.06. The van der Waals surface area contributed by atoms with Crippen LogP contribution in [-0.2, 0) is 42.4 Å². The van der Waals surface area contributed by atoms with Crippen molar-refractivity contribution in [2.75, 3.05) is 62.5 Å². The average Bonchev–Trinajstić information content (AvgIpc) is 2.53. The largest absolute Gasteiger partial charge is 0.645 e. The minimum Gasteiger partial charge on any atom is -0.379 e. The molecule has 0 saturated carbocycles. The van der Waals surface area contributed by atoms with E-state index in [0.29, 0.717) is 0 Å². The van der Waals surface area contributed by atoms with Crippen LogP contribution < -0.4 is 0 Å². The van der Waals surface area contributed by atoms with Gasteiger partial charge in [0.25, 0.3) is 0 Å². The summed E-state index contributed by atoms with van der Waals surface area (Å²) in [4.78, 5) is 0. The molecular weight excluding hydrogens is 306 g/mol. The number of hydrogen-bond acceptors (Lipinski definition) is 9. The molecule has 0 aliphatic heterocycles. The Morgan fingerprint density at radius 2 is 0.826 bits per heavy atom. The maximum atomic E-state index is 5.53. The van der Waals surface area contributed by atoms with Crippen molar-refractivity contribution < 1.29 is 42.4 Å². The Hall–Kier alpha value is 0.302. The summed E-state index contributed by atoms with van der Waals surface area (Å²) in [7, 11) is 7.89.